The van der Waals surface area contributed by atoms with E-state index in [4.69, 9.17) is 23.1 Å². The van der Waals surface area contributed by atoms with E-state index in [9.17, 15) is 23.1 Å². The monoisotopic (exact) mass is 816 g/mol. The molecule has 310 valence electrons. The molecule has 2 aliphatic heterocycles. The molecule has 4 aromatic heterocycles. The zero-order valence-corrected chi connectivity index (χ0v) is 33.5. The van der Waals surface area contributed by atoms with E-state index in [0.717, 1.165) is 71.1 Å². The van der Waals surface area contributed by atoms with Crippen molar-refractivity contribution in [1.82, 2.24) is 60.0 Å². The number of hydrogen-bond donors (Lipinski definition) is 1. The molecule has 2 unspecified atom stereocenters. The van der Waals surface area contributed by atoms with Crippen LogP contribution in [0, 0.1) is 0 Å². The van der Waals surface area contributed by atoms with Gasteiger partial charge in [0.1, 0.15) is 11.6 Å². The van der Waals surface area contributed by atoms with E-state index in [2.05, 4.69) is 41.2 Å². The van der Waals surface area contributed by atoms with Crippen LogP contribution in [-0.2, 0) is 122 Å². The van der Waals surface area contributed by atoms with Gasteiger partial charge in [-0.1, -0.05) is 20.9 Å². The number of carbonyl (C=O) groups excluding carboxylic acids is 2. The van der Waals surface area contributed by atoms with Gasteiger partial charge in [0.2, 0.25) is 0 Å². The molecule has 2 saturated heterocycles. The molecule has 3 fully saturated rings. The highest BCUT2D eigenvalue weighted by Crippen LogP contribution is 2.36. The van der Waals surface area contributed by atoms with Crippen molar-refractivity contribution >= 4 is 21.7 Å². The molecule has 0 aromatic carbocycles. The zero-order valence-electron chi connectivity index (χ0n) is 32.7. The van der Waals surface area contributed by atoms with E-state index in [1.807, 2.05) is 21.1 Å². The molecule has 1 saturated carbocycles. The minimum Gasteiger partial charge on any atom is -0.392 e. The number of aromatic nitrogens is 12. The molecular formula is C34H48N12O10S. The van der Waals surface area contributed by atoms with E-state index in [1.165, 1.54) is 0 Å². The number of ketones is 2. The number of nitrogens with zero attached hydrogens (tertiary/aromatic N) is 12. The standard InChI is InChI=1S/C8H11N3O2.C7H11N3O3S.C7H10O3.C6H9N3O.C6H7N3O/c1-11-7-5-8(12-2-3-13-8)4-6(7)9-10-11;1-10-7-4-5(13-14(2,11)12)3-6(7)8-9-10;8-6-1-2-7(5-6)9-3-4-10-7;2*1-9-6-3-4(10)2-5(6)7-8-9/h2-5H2,1H3;5H,3-4H2,1-2H3;1-5H2;4,10H,2-3H2,1H3;2-3H2,1H3. The molecule has 2 atom stereocenters. The largest absolute Gasteiger partial charge is 0.392 e. The van der Waals surface area contributed by atoms with E-state index in [0.29, 0.717) is 77.8 Å². The fraction of sp³-hybridized carbons (Fsp3) is 0.706. The molecule has 5 aliphatic carbocycles. The van der Waals surface area contributed by atoms with Crippen LogP contribution in [0.15, 0.2) is 0 Å². The Labute approximate surface area is 328 Å². The number of Topliss-reactive ketones (excluding diaryl/α,β-unsaturated/α-hetero) is 2. The lowest BCUT2D eigenvalue weighted by atomic mass is 10.2. The summed E-state index contributed by atoms with van der Waals surface area (Å²) in [4.78, 5) is 21.7. The second-order valence-corrected chi connectivity index (χ2v) is 16.6. The number of hydrogen-bond acceptors (Lipinski definition) is 18. The minimum atomic E-state index is -3.37. The molecule has 57 heavy (non-hydrogen) atoms. The summed E-state index contributed by atoms with van der Waals surface area (Å²) in [7, 11) is 3.98. The van der Waals surface area contributed by atoms with Gasteiger partial charge in [0, 0.05) is 79.6 Å². The van der Waals surface area contributed by atoms with Crippen LogP contribution in [0.3, 0.4) is 0 Å². The van der Waals surface area contributed by atoms with Crippen molar-refractivity contribution in [2.24, 2.45) is 28.2 Å². The second kappa shape index (κ2) is 16.5. The van der Waals surface area contributed by atoms with Crippen LogP contribution < -0.4 is 0 Å². The van der Waals surface area contributed by atoms with Crippen molar-refractivity contribution in [3.8, 4) is 0 Å². The lowest BCUT2D eigenvalue weighted by Gasteiger charge is -2.20. The molecule has 0 radical (unpaired) electrons. The van der Waals surface area contributed by atoms with Crippen LogP contribution in [0.1, 0.15) is 64.8 Å². The first-order chi connectivity index (χ1) is 27.1. The van der Waals surface area contributed by atoms with E-state index in [1.54, 1.807) is 25.8 Å². The fourth-order valence-corrected chi connectivity index (χ4v) is 8.43. The summed E-state index contributed by atoms with van der Waals surface area (Å²) in [6, 6.07) is 0. The van der Waals surface area contributed by atoms with Crippen molar-refractivity contribution in [2.45, 2.75) is 94.4 Å². The van der Waals surface area contributed by atoms with Gasteiger partial charge in [-0.15, -0.1) is 20.4 Å². The molecule has 23 heteroatoms. The Morgan fingerprint density at radius 2 is 1.14 bits per heavy atom. The van der Waals surface area contributed by atoms with Gasteiger partial charge in [0.25, 0.3) is 10.1 Å². The Hall–Kier alpha value is -4.39. The number of aliphatic hydroxyl groups excluding tert-OH is 1. The Morgan fingerprint density at radius 1 is 0.614 bits per heavy atom. The Morgan fingerprint density at radius 3 is 1.67 bits per heavy atom. The quantitative estimate of drug-likeness (QED) is 0.218. The first kappa shape index (κ1) is 40.8. The molecule has 2 spiro atoms. The van der Waals surface area contributed by atoms with Crippen LogP contribution in [0.5, 0.6) is 0 Å². The van der Waals surface area contributed by atoms with Gasteiger partial charge >= 0.3 is 0 Å². The summed E-state index contributed by atoms with van der Waals surface area (Å²) >= 11 is 0. The minimum absolute atomic E-state index is 0.230. The highest BCUT2D eigenvalue weighted by atomic mass is 32.2. The maximum Gasteiger partial charge on any atom is 0.264 e. The summed E-state index contributed by atoms with van der Waals surface area (Å²) in [6.07, 6.45) is 7.35. The number of rotatable bonds is 2. The third-order valence-electron chi connectivity index (χ3n) is 10.6. The van der Waals surface area contributed by atoms with Gasteiger partial charge < -0.3 is 24.1 Å². The molecular weight excluding hydrogens is 769 g/mol. The Balaban J connectivity index is 0.000000110. The van der Waals surface area contributed by atoms with Gasteiger partial charge in [-0.2, -0.15) is 8.42 Å². The molecule has 11 rings (SSSR count). The molecule has 0 bridgehead atoms. The van der Waals surface area contributed by atoms with Crippen LogP contribution in [-0.4, -0.2) is 142 Å². The van der Waals surface area contributed by atoms with Gasteiger partial charge in [-0.05, 0) is 0 Å². The topological polar surface area (TPSA) is 257 Å². The Bertz CT molecular complexity index is 2200. The SMILES string of the molecule is Cn1nnc2c1CC(=O)C2.Cn1nnc2c1CC(O)C2.Cn1nnc2c1CC(OS(C)(=O)=O)C2.Cn1nnc2c1CC1(C2)OCCO1.O=C1CCC2(C1)OCCO2. The zero-order chi connectivity index (χ0) is 40.5. The molecule has 22 nitrogen and oxygen atoms in total. The van der Waals surface area contributed by atoms with Gasteiger partial charge in [-0.25, -0.2) is 0 Å². The summed E-state index contributed by atoms with van der Waals surface area (Å²) in [5, 5.41) is 40.3. The van der Waals surface area contributed by atoms with Crippen LogP contribution >= 0.6 is 0 Å². The van der Waals surface area contributed by atoms with E-state index < -0.39 is 21.7 Å². The number of aliphatic hydroxyl groups is 1. The van der Waals surface area contributed by atoms with Gasteiger partial charge in [-0.3, -0.25) is 32.5 Å². The van der Waals surface area contributed by atoms with Crippen molar-refractivity contribution in [2.75, 3.05) is 32.7 Å². The highest BCUT2D eigenvalue weighted by Gasteiger charge is 2.45. The van der Waals surface area contributed by atoms with Crippen molar-refractivity contribution < 1.29 is 46.2 Å². The lowest BCUT2D eigenvalue weighted by molar-refractivity contribution is -0.154. The smallest absolute Gasteiger partial charge is 0.264 e. The molecule has 7 aliphatic rings. The summed E-state index contributed by atoms with van der Waals surface area (Å²) in [5.74, 6) is -0.382. The third-order valence-corrected chi connectivity index (χ3v) is 11.2. The maximum atomic E-state index is 10.9. The third kappa shape index (κ3) is 9.50. The summed E-state index contributed by atoms with van der Waals surface area (Å²) < 4.78 is 55.3. The predicted octanol–water partition coefficient (Wildman–Crippen LogP) is -1.84. The highest BCUT2D eigenvalue weighted by molar-refractivity contribution is 7.86. The number of ether oxygens (including phenoxy) is 4. The second-order valence-electron chi connectivity index (χ2n) is 15.0. The first-order valence-electron chi connectivity index (χ1n) is 18.7. The fourth-order valence-electron chi connectivity index (χ4n) is 7.80. The number of carbonyl (C=O) groups is 2. The van der Waals surface area contributed by atoms with Crippen molar-refractivity contribution in [1.29, 1.82) is 0 Å². The van der Waals surface area contributed by atoms with E-state index in [-0.39, 0.29) is 23.8 Å². The summed E-state index contributed by atoms with van der Waals surface area (Å²) in [5.41, 5.74) is 7.81. The molecule has 6 heterocycles. The van der Waals surface area contributed by atoms with Crippen molar-refractivity contribution in [3.05, 3.63) is 45.6 Å². The van der Waals surface area contributed by atoms with E-state index >= 15 is 0 Å². The van der Waals surface area contributed by atoms with Crippen LogP contribution in [0.4, 0.5) is 0 Å². The predicted molar refractivity (Wildman–Crippen MR) is 193 cm³/mol. The lowest BCUT2D eigenvalue weighted by Crippen LogP contribution is -2.31. The number of aryl methyl sites for hydroxylation is 4. The average molecular weight is 817 g/mol. The van der Waals surface area contributed by atoms with Gasteiger partial charge in [0.15, 0.2) is 11.6 Å². The molecule has 0 amide bonds. The first-order valence-corrected chi connectivity index (χ1v) is 20.6. The van der Waals surface area contributed by atoms with Crippen molar-refractivity contribution in [3.63, 3.8) is 0 Å². The average Bonchev–Trinajstić information content (AvgIpc) is 3.98. The maximum absolute atomic E-state index is 10.9. The summed E-state index contributed by atoms with van der Waals surface area (Å²) in [6.45, 7) is 2.68. The molecule has 1 N–H and O–H groups in total. The van der Waals surface area contributed by atoms with Crippen LogP contribution in [0.25, 0.3) is 0 Å². The van der Waals surface area contributed by atoms with Crippen LogP contribution in [0.2, 0.25) is 0 Å². The number of fused-ring (bicyclic) bond motifs is 4. The normalized spacial score (nSPS) is 22.8. The molecule has 4 aromatic rings. The van der Waals surface area contributed by atoms with Gasteiger partial charge in [0.05, 0.1) is 110 Å². The Kier molecular flexibility index (Phi) is 11.8.